The maximum Gasteiger partial charge on any atom is 0.261 e. The SMILES string of the molecule is O=C(NCC(Oc1cccnc1)c1ccc(O)cc1)c1cc2c(s1)CCNC2. The molecule has 0 spiro atoms. The van der Waals surface area contributed by atoms with Crippen molar-refractivity contribution in [2.75, 3.05) is 13.1 Å². The highest BCUT2D eigenvalue weighted by atomic mass is 32.1. The number of carbonyl (C=O) groups is 1. The number of carbonyl (C=O) groups excluding carboxylic acids is 1. The molecule has 0 saturated carbocycles. The summed E-state index contributed by atoms with van der Waals surface area (Å²) in [5, 5.41) is 15.9. The molecule has 0 bridgehead atoms. The summed E-state index contributed by atoms with van der Waals surface area (Å²) in [6.07, 6.45) is 3.88. The molecule has 1 atom stereocenters. The van der Waals surface area contributed by atoms with E-state index in [1.165, 1.54) is 10.4 Å². The highest BCUT2D eigenvalue weighted by Crippen LogP contribution is 2.26. The van der Waals surface area contributed by atoms with E-state index in [2.05, 4.69) is 15.6 Å². The number of fused-ring (bicyclic) bond motifs is 1. The van der Waals surface area contributed by atoms with Crippen LogP contribution in [-0.4, -0.2) is 29.1 Å². The number of aromatic hydroxyl groups is 1. The predicted octanol–water partition coefficient (Wildman–Crippen LogP) is 3.04. The molecular weight excluding hydrogens is 374 g/mol. The third-order valence-corrected chi connectivity index (χ3v) is 5.83. The van der Waals surface area contributed by atoms with E-state index in [4.69, 9.17) is 4.74 Å². The van der Waals surface area contributed by atoms with Crippen molar-refractivity contribution >= 4 is 17.2 Å². The van der Waals surface area contributed by atoms with E-state index in [-0.39, 0.29) is 11.7 Å². The van der Waals surface area contributed by atoms with Gasteiger partial charge < -0.3 is 20.5 Å². The number of hydrogen-bond acceptors (Lipinski definition) is 6. The lowest BCUT2D eigenvalue weighted by molar-refractivity contribution is 0.0931. The second-order valence-electron chi connectivity index (χ2n) is 6.58. The van der Waals surface area contributed by atoms with Crippen molar-refractivity contribution in [2.24, 2.45) is 0 Å². The smallest absolute Gasteiger partial charge is 0.261 e. The molecule has 6 nitrogen and oxygen atoms in total. The van der Waals surface area contributed by atoms with Crippen LogP contribution in [0.1, 0.15) is 31.8 Å². The monoisotopic (exact) mass is 395 g/mol. The van der Waals surface area contributed by atoms with E-state index in [0.717, 1.165) is 30.0 Å². The maximum atomic E-state index is 12.7. The van der Waals surface area contributed by atoms with Gasteiger partial charge in [-0.2, -0.15) is 0 Å². The summed E-state index contributed by atoms with van der Waals surface area (Å²) in [5.41, 5.74) is 2.07. The molecule has 3 heterocycles. The van der Waals surface area contributed by atoms with E-state index in [9.17, 15) is 9.90 Å². The van der Waals surface area contributed by atoms with Gasteiger partial charge in [-0.25, -0.2) is 0 Å². The van der Waals surface area contributed by atoms with Crippen molar-refractivity contribution in [1.29, 1.82) is 0 Å². The van der Waals surface area contributed by atoms with E-state index in [0.29, 0.717) is 12.3 Å². The Bertz CT molecular complexity index is 918. The molecule has 28 heavy (non-hydrogen) atoms. The lowest BCUT2D eigenvalue weighted by Gasteiger charge is -2.20. The molecule has 1 amide bonds. The molecule has 1 aliphatic heterocycles. The van der Waals surface area contributed by atoms with Gasteiger partial charge in [0.15, 0.2) is 0 Å². The second kappa shape index (κ2) is 8.41. The zero-order valence-electron chi connectivity index (χ0n) is 15.2. The summed E-state index contributed by atoms with van der Waals surface area (Å²) < 4.78 is 6.04. The molecule has 7 heteroatoms. The van der Waals surface area contributed by atoms with Gasteiger partial charge in [-0.1, -0.05) is 12.1 Å². The molecular formula is C21H21N3O3S. The molecule has 1 aromatic carbocycles. The first kappa shape index (κ1) is 18.5. The van der Waals surface area contributed by atoms with Crippen molar-refractivity contribution in [2.45, 2.75) is 19.1 Å². The highest BCUT2D eigenvalue weighted by molar-refractivity contribution is 7.14. The zero-order chi connectivity index (χ0) is 19.3. The van der Waals surface area contributed by atoms with Gasteiger partial charge in [0.2, 0.25) is 0 Å². The molecule has 0 radical (unpaired) electrons. The molecule has 1 aliphatic rings. The number of ether oxygens (including phenoxy) is 1. The van der Waals surface area contributed by atoms with E-state index in [1.807, 2.05) is 12.1 Å². The Hall–Kier alpha value is -2.90. The van der Waals surface area contributed by atoms with Gasteiger partial charge >= 0.3 is 0 Å². The van der Waals surface area contributed by atoms with Crippen molar-refractivity contribution in [3.8, 4) is 11.5 Å². The number of nitrogens with zero attached hydrogens (tertiary/aromatic N) is 1. The molecule has 4 rings (SSSR count). The van der Waals surface area contributed by atoms with Crippen LogP contribution < -0.4 is 15.4 Å². The first-order valence-corrected chi connectivity index (χ1v) is 9.97. The zero-order valence-corrected chi connectivity index (χ0v) is 16.0. The van der Waals surface area contributed by atoms with Gasteiger partial charge in [0.1, 0.15) is 17.6 Å². The van der Waals surface area contributed by atoms with Gasteiger partial charge in [0, 0.05) is 24.2 Å². The average molecular weight is 395 g/mol. The number of phenolic OH excluding ortho intramolecular Hbond substituents is 1. The minimum atomic E-state index is -0.398. The summed E-state index contributed by atoms with van der Waals surface area (Å²) in [6.45, 7) is 2.08. The lowest BCUT2D eigenvalue weighted by Crippen LogP contribution is -2.30. The number of aromatic nitrogens is 1. The van der Waals surface area contributed by atoms with Crippen molar-refractivity contribution in [3.63, 3.8) is 0 Å². The number of amides is 1. The molecule has 0 aliphatic carbocycles. The standard InChI is InChI=1S/C21H21N3O3S/c25-16-5-3-14(4-6-16)18(27-17-2-1-8-22-12-17)13-24-21(26)20-10-15-11-23-9-7-19(15)28-20/h1-6,8,10,12,18,23,25H,7,9,11,13H2,(H,24,26). The summed E-state index contributed by atoms with van der Waals surface area (Å²) in [7, 11) is 0. The maximum absolute atomic E-state index is 12.7. The largest absolute Gasteiger partial charge is 0.508 e. The van der Waals surface area contributed by atoms with Crippen LogP contribution >= 0.6 is 11.3 Å². The Labute approximate surface area is 167 Å². The lowest BCUT2D eigenvalue weighted by atomic mass is 10.1. The Morgan fingerprint density at radius 2 is 2.18 bits per heavy atom. The van der Waals surface area contributed by atoms with Crippen LogP contribution in [0.15, 0.2) is 54.9 Å². The summed E-state index contributed by atoms with van der Waals surface area (Å²) >= 11 is 1.56. The number of pyridine rings is 1. The van der Waals surface area contributed by atoms with Crippen molar-refractivity contribution < 1.29 is 14.6 Å². The molecule has 2 aromatic heterocycles. The Balaban J connectivity index is 1.47. The van der Waals surface area contributed by atoms with E-state index < -0.39 is 6.10 Å². The van der Waals surface area contributed by atoms with Gasteiger partial charge in [0.25, 0.3) is 5.91 Å². The van der Waals surface area contributed by atoms with E-state index >= 15 is 0 Å². The first-order chi connectivity index (χ1) is 13.7. The fourth-order valence-electron chi connectivity index (χ4n) is 3.13. The first-order valence-electron chi connectivity index (χ1n) is 9.15. The third kappa shape index (κ3) is 4.32. The van der Waals surface area contributed by atoms with Crippen LogP contribution in [0.25, 0.3) is 0 Å². The Morgan fingerprint density at radius 3 is 2.93 bits per heavy atom. The van der Waals surface area contributed by atoms with Crippen LogP contribution in [0.2, 0.25) is 0 Å². The number of phenols is 1. The Kier molecular flexibility index (Phi) is 5.55. The van der Waals surface area contributed by atoms with Crippen LogP contribution in [0.3, 0.4) is 0 Å². The number of thiophene rings is 1. The summed E-state index contributed by atoms with van der Waals surface area (Å²) in [4.78, 5) is 18.7. The van der Waals surface area contributed by atoms with Gasteiger partial charge in [-0.05, 0) is 47.9 Å². The van der Waals surface area contributed by atoms with Gasteiger partial charge in [0.05, 0.1) is 17.6 Å². The fourth-order valence-corrected chi connectivity index (χ4v) is 4.23. The minimum absolute atomic E-state index is 0.0991. The van der Waals surface area contributed by atoms with Crippen LogP contribution in [0.5, 0.6) is 11.5 Å². The molecule has 0 saturated heterocycles. The van der Waals surface area contributed by atoms with Crippen LogP contribution in [-0.2, 0) is 13.0 Å². The molecule has 1 unspecified atom stereocenters. The number of nitrogens with one attached hydrogen (secondary N) is 2. The molecule has 0 fully saturated rings. The molecule has 144 valence electrons. The van der Waals surface area contributed by atoms with Crippen LogP contribution in [0.4, 0.5) is 0 Å². The average Bonchev–Trinajstić information content (AvgIpc) is 3.17. The number of benzene rings is 1. The summed E-state index contributed by atoms with van der Waals surface area (Å²) in [6, 6.07) is 12.4. The Morgan fingerprint density at radius 1 is 1.32 bits per heavy atom. The third-order valence-electron chi connectivity index (χ3n) is 4.59. The normalized spacial score (nSPS) is 14.1. The minimum Gasteiger partial charge on any atom is -0.508 e. The second-order valence-corrected chi connectivity index (χ2v) is 7.72. The topological polar surface area (TPSA) is 83.5 Å². The number of hydrogen-bond donors (Lipinski definition) is 3. The molecule has 3 aromatic rings. The predicted molar refractivity (Wildman–Crippen MR) is 108 cm³/mol. The highest BCUT2D eigenvalue weighted by Gasteiger charge is 2.19. The molecule has 3 N–H and O–H groups in total. The van der Waals surface area contributed by atoms with Gasteiger partial charge in [-0.3, -0.25) is 9.78 Å². The summed E-state index contributed by atoms with van der Waals surface area (Å²) in [5.74, 6) is 0.705. The van der Waals surface area contributed by atoms with E-state index in [1.54, 1.807) is 54.1 Å². The van der Waals surface area contributed by atoms with Gasteiger partial charge in [-0.15, -0.1) is 11.3 Å². The van der Waals surface area contributed by atoms with Crippen LogP contribution in [0, 0.1) is 0 Å². The van der Waals surface area contributed by atoms with Crippen molar-refractivity contribution in [1.82, 2.24) is 15.6 Å². The van der Waals surface area contributed by atoms with Crippen molar-refractivity contribution in [3.05, 3.63) is 75.7 Å². The quantitative estimate of drug-likeness (QED) is 0.598. The fraction of sp³-hybridized carbons (Fsp3) is 0.238. The number of rotatable bonds is 6.